The van der Waals surface area contributed by atoms with Crippen molar-refractivity contribution in [2.75, 3.05) is 37.6 Å². The van der Waals surface area contributed by atoms with Crippen molar-refractivity contribution >= 4 is 5.82 Å². The third-order valence-corrected chi connectivity index (χ3v) is 6.51. The molecule has 2 aliphatic carbocycles. The molecule has 4 nitrogen and oxygen atoms in total. The minimum atomic E-state index is 0.851. The van der Waals surface area contributed by atoms with Gasteiger partial charge >= 0.3 is 0 Å². The monoisotopic (exact) mass is 374 g/mol. The minimum Gasteiger partial charge on any atom is -0.354 e. The number of hydrogen-bond donors (Lipinski definition) is 0. The molecule has 1 aromatic heterocycles. The van der Waals surface area contributed by atoms with Crippen LogP contribution in [0.25, 0.3) is 11.4 Å². The lowest BCUT2D eigenvalue weighted by Gasteiger charge is -2.38. The second-order valence-electron chi connectivity index (χ2n) is 8.45. The molecule has 2 heterocycles. The average molecular weight is 375 g/mol. The molecule has 1 aliphatic heterocycles. The second-order valence-corrected chi connectivity index (χ2v) is 8.45. The Hall–Kier alpha value is -2.20. The van der Waals surface area contributed by atoms with E-state index in [1.54, 1.807) is 0 Å². The van der Waals surface area contributed by atoms with Crippen molar-refractivity contribution in [3.8, 4) is 11.4 Å². The Bertz CT molecular complexity index is 837. The standard InChI is InChI=1S/C24H30N4/c1-3-8-19(9-4-1)18-27-14-16-28(17-15-27)24-21-12-7-13-22(21)25-23(26-24)20-10-5-2-6-11-20/h1-3,5-6,10-11,19H,4,7-9,12-18H2/t19-/m1/s1. The molecule has 0 radical (unpaired) electrons. The predicted octanol–water partition coefficient (Wildman–Crippen LogP) is 4.11. The predicted molar refractivity (Wildman–Crippen MR) is 115 cm³/mol. The van der Waals surface area contributed by atoms with Crippen LogP contribution in [0.5, 0.6) is 0 Å². The topological polar surface area (TPSA) is 32.3 Å². The Labute approximate surface area is 168 Å². The number of aromatic nitrogens is 2. The van der Waals surface area contributed by atoms with E-state index in [0.29, 0.717) is 0 Å². The Balaban J connectivity index is 1.32. The molecular formula is C24H30N4. The normalized spacial score (nSPS) is 22.4. The summed E-state index contributed by atoms with van der Waals surface area (Å²) in [6.45, 7) is 5.73. The summed E-state index contributed by atoms with van der Waals surface area (Å²) in [4.78, 5) is 15.2. The van der Waals surface area contributed by atoms with E-state index >= 15 is 0 Å². The van der Waals surface area contributed by atoms with Crippen LogP contribution in [0.15, 0.2) is 42.5 Å². The molecule has 0 N–H and O–H groups in total. The maximum atomic E-state index is 5.07. The first-order valence-electron chi connectivity index (χ1n) is 10.9. The molecule has 1 atom stereocenters. The van der Waals surface area contributed by atoms with E-state index in [0.717, 1.165) is 56.3 Å². The van der Waals surface area contributed by atoms with Crippen LogP contribution in [0.4, 0.5) is 5.82 Å². The van der Waals surface area contributed by atoms with Crippen LogP contribution in [0.3, 0.4) is 0 Å². The summed E-state index contributed by atoms with van der Waals surface area (Å²) in [7, 11) is 0. The summed E-state index contributed by atoms with van der Waals surface area (Å²) in [6, 6.07) is 10.4. The Kier molecular flexibility index (Phi) is 5.13. The Morgan fingerprint density at radius 2 is 1.79 bits per heavy atom. The van der Waals surface area contributed by atoms with Gasteiger partial charge in [0.25, 0.3) is 0 Å². The van der Waals surface area contributed by atoms with E-state index in [9.17, 15) is 0 Å². The molecule has 28 heavy (non-hydrogen) atoms. The largest absolute Gasteiger partial charge is 0.354 e. The van der Waals surface area contributed by atoms with Gasteiger partial charge in [0.1, 0.15) is 5.82 Å². The second kappa shape index (κ2) is 8.04. The molecule has 1 fully saturated rings. The molecule has 3 aliphatic rings. The Morgan fingerprint density at radius 3 is 2.57 bits per heavy atom. The van der Waals surface area contributed by atoms with Gasteiger partial charge in [0.2, 0.25) is 0 Å². The maximum absolute atomic E-state index is 5.07. The molecule has 5 rings (SSSR count). The highest BCUT2D eigenvalue weighted by Gasteiger charge is 2.26. The number of fused-ring (bicyclic) bond motifs is 1. The highest BCUT2D eigenvalue weighted by atomic mass is 15.3. The van der Waals surface area contributed by atoms with Gasteiger partial charge in [0.05, 0.1) is 0 Å². The van der Waals surface area contributed by atoms with Crippen molar-refractivity contribution in [3.63, 3.8) is 0 Å². The van der Waals surface area contributed by atoms with E-state index in [2.05, 4.69) is 52.3 Å². The van der Waals surface area contributed by atoms with Crippen LogP contribution in [0.2, 0.25) is 0 Å². The number of rotatable bonds is 4. The van der Waals surface area contributed by atoms with E-state index in [1.807, 2.05) is 0 Å². The summed E-state index contributed by atoms with van der Waals surface area (Å²) in [5.41, 5.74) is 3.81. The molecule has 1 aromatic carbocycles. The van der Waals surface area contributed by atoms with Crippen molar-refractivity contribution in [1.82, 2.24) is 14.9 Å². The molecule has 0 amide bonds. The number of nitrogens with zero attached hydrogens (tertiary/aromatic N) is 4. The molecule has 2 aromatic rings. The minimum absolute atomic E-state index is 0.851. The summed E-state index contributed by atoms with van der Waals surface area (Å²) in [5, 5.41) is 0. The smallest absolute Gasteiger partial charge is 0.161 e. The van der Waals surface area contributed by atoms with Crippen LogP contribution in [-0.4, -0.2) is 47.6 Å². The zero-order valence-corrected chi connectivity index (χ0v) is 16.7. The summed E-state index contributed by atoms with van der Waals surface area (Å²) < 4.78 is 0. The first-order chi connectivity index (χ1) is 13.9. The van der Waals surface area contributed by atoms with Gasteiger partial charge < -0.3 is 4.90 Å². The van der Waals surface area contributed by atoms with Crippen LogP contribution >= 0.6 is 0 Å². The molecule has 0 bridgehead atoms. The average Bonchev–Trinajstić information content (AvgIpc) is 3.24. The van der Waals surface area contributed by atoms with Gasteiger partial charge in [-0.3, -0.25) is 4.90 Å². The van der Waals surface area contributed by atoms with Crippen LogP contribution in [-0.2, 0) is 12.8 Å². The number of anilines is 1. The zero-order chi connectivity index (χ0) is 18.8. The molecule has 0 unspecified atom stereocenters. The number of benzene rings is 1. The summed E-state index contributed by atoms with van der Waals surface area (Å²) in [5.74, 6) is 2.96. The van der Waals surface area contributed by atoms with Gasteiger partial charge in [-0.05, 0) is 44.4 Å². The van der Waals surface area contributed by atoms with E-state index < -0.39 is 0 Å². The first-order valence-corrected chi connectivity index (χ1v) is 10.9. The van der Waals surface area contributed by atoms with Crippen molar-refractivity contribution in [2.45, 2.75) is 38.5 Å². The molecule has 0 saturated carbocycles. The third-order valence-electron chi connectivity index (χ3n) is 6.51. The number of piperazine rings is 1. The lowest BCUT2D eigenvalue weighted by Crippen LogP contribution is -2.48. The first kappa shape index (κ1) is 17.9. The van der Waals surface area contributed by atoms with E-state index in [1.165, 1.54) is 49.3 Å². The maximum Gasteiger partial charge on any atom is 0.161 e. The Morgan fingerprint density at radius 1 is 0.929 bits per heavy atom. The highest BCUT2D eigenvalue weighted by molar-refractivity contribution is 5.61. The highest BCUT2D eigenvalue weighted by Crippen LogP contribution is 2.32. The van der Waals surface area contributed by atoms with E-state index in [-0.39, 0.29) is 0 Å². The van der Waals surface area contributed by atoms with Gasteiger partial charge in [-0.15, -0.1) is 0 Å². The van der Waals surface area contributed by atoms with Crippen LogP contribution in [0, 0.1) is 5.92 Å². The molecular weight excluding hydrogens is 344 g/mol. The molecule has 1 saturated heterocycles. The number of hydrogen-bond acceptors (Lipinski definition) is 4. The fourth-order valence-electron chi connectivity index (χ4n) is 4.92. The van der Waals surface area contributed by atoms with Crippen molar-refractivity contribution in [2.24, 2.45) is 5.92 Å². The summed E-state index contributed by atoms with van der Waals surface area (Å²) in [6.07, 6.45) is 12.0. The zero-order valence-electron chi connectivity index (χ0n) is 16.7. The van der Waals surface area contributed by atoms with Crippen LogP contribution < -0.4 is 4.90 Å². The lowest BCUT2D eigenvalue weighted by atomic mass is 9.94. The van der Waals surface area contributed by atoms with Gasteiger partial charge in [-0.1, -0.05) is 42.5 Å². The van der Waals surface area contributed by atoms with E-state index in [4.69, 9.17) is 9.97 Å². The van der Waals surface area contributed by atoms with Gasteiger partial charge in [-0.25, -0.2) is 9.97 Å². The number of aryl methyl sites for hydroxylation is 1. The fraction of sp³-hybridized carbons (Fsp3) is 0.500. The molecule has 146 valence electrons. The van der Waals surface area contributed by atoms with Gasteiger partial charge in [0.15, 0.2) is 5.82 Å². The summed E-state index contributed by atoms with van der Waals surface area (Å²) >= 11 is 0. The molecule has 4 heteroatoms. The quantitative estimate of drug-likeness (QED) is 0.754. The third kappa shape index (κ3) is 3.70. The van der Waals surface area contributed by atoms with Crippen molar-refractivity contribution in [1.29, 1.82) is 0 Å². The van der Waals surface area contributed by atoms with Crippen molar-refractivity contribution in [3.05, 3.63) is 53.7 Å². The van der Waals surface area contributed by atoms with Crippen molar-refractivity contribution < 1.29 is 0 Å². The number of allylic oxidation sites excluding steroid dienone is 2. The SMILES string of the molecule is C1=CC[C@@H](CN2CCN(c3nc(-c4ccccc4)nc4c3CCC4)CC2)CC1. The van der Waals surface area contributed by atoms with Gasteiger partial charge in [-0.2, -0.15) is 0 Å². The molecule has 0 spiro atoms. The lowest BCUT2D eigenvalue weighted by molar-refractivity contribution is 0.211. The van der Waals surface area contributed by atoms with Crippen LogP contribution in [0.1, 0.15) is 36.9 Å². The fourth-order valence-corrected chi connectivity index (χ4v) is 4.92. The van der Waals surface area contributed by atoms with Gasteiger partial charge in [0, 0.05) is 49.5 Å².